The van der Waals surface area contributed by atoms with Gasteiger partial charge in [0.1, 0.15) is 0 Å². The van der Waals surface area contributed by atoms with E-state index in [9.17, 15) is 9.59 Å². The van der Waals surface area contributed by atoms with Crippen LogP contribution >= 0.6 is 0 Å². The Morgan fingerprint density at radius 3 is 2.88 bits per heavy atom. The van der Waals surface area contributed by atoms with Gasteiger partial charge >= 0.3 is 0 Å². The lowest BCUT2D eigenvalue weighted by molar-refractivity contribution is -0.147. The SMILES string of the molecule is O=C(CCc1cn[nH]c1)N1CC[C@]2(CCCN(CC3CCC3)C2=O)C1. The number of piperidine rings is 1. The first kappa shape index (κ1) is 16.6. The smallest absolute Gasteiger partial charge is 0.230 e. The average Bonchev–Trinajstić information content (AvgIpc) is 3.23. The number of carbonyl (C=O) groups excluding carboxylic acids is 2. The van der Waals surface area contributed by atoms with Crippen LogP contribution in [0, 0.1) is 11.3 Å². The van der Waals surface area contributed by atoms with Crippen LogP contribution in [0.3, 0.4) is 0 Å². The molecule has 1 spiro atoms. The minimum absolute atomic E-state index is 0.169. The topological polar surface area (TPSA) is 69.3 Å². The van der Waals surface area contributed by atoms with Crippen LogP contribution in [0.25, 0.3) is 0 Å². The summed E-state index contributed by atoms with van der Waals surface area (Å²) in [5.41, 5.74) is 0.760. The zero-order valence-electron chi connectivity index (χ0n) is 14.9. The molecule has 0 unspecified atom stereocenters. The van der Waals surface area contributed by atoms with Crippen LogP contribution in [0.5, 0.6) is 0 Å². The largest absolute Gasteiger partial charge is 0.342 e. The fourth-order valence-corrected chi connectivity index (χ4v) is 4.60. The highest BCUT2D eigenvalue weighted by atomic mass is 16.2. The van der Waals surface area contributed by atoms with Crippen LogP contribution in [0.15, 0.2) is 12.4 Å². The van der Waals surface area contributed by atoms with E-state index in [2.05, 4.69) is 15.1 Å². The molecule has 4 rings (SSSR count). The van der Waals surface area contributed by atoms with Gasteiger partial charge in [-0.2, -0.15) is 5.10 Å². The summed E-state index contributed by atoms with van der Waals surface area (Å²) in [6, 6.07) is 0. The number of nitrogens with zero attached hydrogens (tertiary/aromatic N) is 3. The normalized spacial score (nSPS) is 27.1. The summed E-state index contributed by atoms with van der Waals surface area (Å²) in [5.74, 6) is 1.20. The number of rotatable bonds is 5. The van der Waals surface area contributed by atoms with Gasteiger partial charge in [0, 0.05) is 38.8 Å². The Morgan fingerprint density at radius 1 is 1.28 bits per heavy atom. The van der Waals surface area contributed by atoms with Gasteiger partial charge in [-0.25, -0.2) is 0 Å². The molecule has 6 heteroatoms. The van der Waals surface area contributed by atoms with E-state index >= 15 is 0 Å². The molecular formula is C19H28N4O2. The highest BCUT2D eigenvalue weighted by Gasteiger charge is 2.49. The summed E-state index contributed by atoms with van der Waals surface area (Å²) in [4.78, 5) is 29.7. The fourth-order valence-electron chi connectivity index (χ4n) is 4.60. The highest BCUT2D eigenvalue weighted by molar-refractivity contribution is 5.86. The maximum atomic E-state index is 13.1. The number of H-pyrrole nitrogens is 1. The summed E-state index contributed by atoms with van der Waals surface area (Å²) in [6.07, 6.45) is 11.5. The lowest BCUT2D eigenvalue weighted by Gasteiger charge is -2.42. The van der Waals surface area contributed by atoms with Crippen LogP contribution in [0.2, 0.25) is 0 Å². The van der Waals surface area contributed by atoms with Crippen molar-refractivity contribution >= 4 is 11.8 Å². The summed E-state index contributed by atoms with van der Waals surface area (Å²) < 4.78 is 0. The van der Waals surface area contributed by atoms with Crippen molar-refractivity contribution in [2.24, 2.45) is 11.3 Å². The van der Waals surface area contributed by atoms with Crippen molar-refractivity contribution < 1.29 is 9.59 Å². The molecule has 6 nitrogen and oxygen atoms in total. The summed E-state index contributed by atoms with van der Waals surface area (Å²) in [6.45, 7) is 3.20. The number of nitrogens with one attached hydrogen (secondary N) is 1. The van der Waals surface area contributed by atoms with Crippen molar-refractivity contribution in [1.29, 1.82) is 0 Å². The number of aromatic amines is 1. The van der Waals surface area contributed by atoms with Gasteiger partial charge in [0.25, 0.3) is 0 Å². The average molecular weight is 344 g/mol. The molecule has 0 radical (unpaired) electrons. The van der Waals surface area contributed by atoms with E-state index < -0.39 is 0 Å². The Balaban J connectivity index is 1.34. The van der Waals surface area contributed by atoms with Gasteiger partial charge in [0.15, 0.2) is 0 Å². The van der Waals surface area contributed by atoms with Crippen LogP contribution < -0.4 is 0 Å². The Kier molecular flexibility index (Phi) is 4.52. The third kappa shape index (κ3) is 3.31. The van der Waals surface area contributed by atoms with Crippen LogP contribution in [0.4, 0.5) is 0 Å². The summed E-state index contributed by atoms with van der Waals surface area (Å²) in [5, 5.41) is 6.70. The third-order valence-corrected chi connectivity index (χ3v) is 6.42. The van der Waals surface area contributed by atoms with E-state index in [0.717, 1.165) is 44.5 Å². The standard InChI is InChI=1S/C19H28N4O2/c24-17(6-5-16-11-20-21-12-16)23-10-8-19(14-23)7-2-9-22(18(19)25)13-15-3-1-4-15/h11-12,15H,1-10,13-14H2,(H,20,21)/t19-/m1/s1. The van der Waals surface area contributed by atoms with Gasteiger partial charge in [-0.3, -0.25) is 14.7 Å². The highest BCUT2D eigenvalue weighted by Crippen LogP contribution is 2.41. The molecule has 2 amide bonds. The van der Waals surface area contributed by atoms with Crippen LogP contribution in [-0.4, -0.2) is 58.0 Å². The number of carbonyl (C=O) groups is 2. The van der Waals surface area contributed by atoms with E-state index in [1.807, 2.05) is 11.1 Å². The van der Waals surface area contributed by atoms with Gasteiger partial charge in [-0.15, -0.1) is 0 Å². The number of hydrogen-bond donors (Lipinski definition) is 1. The quantitative estimate of drug-likeness (QED) is 0.888. The van der Waals surface area contributed by atoms with Crippen LogP contribution in [0.1, 0.15) is 50.5 Å². The molecule has 25 heavy (non-hydrogen) atoms. The molecule has 136 valence electrons. The molecule has 1 aromatic heterocycles. The molecule has 1 aliphatic carbocycles. The zero-order valence-corrected chi connectivity index (χ0v) is 14.9. The van der Waals surface area contributed by atoms with E-state index in [4.69, 9.17) is 0 Å². The van der Waals surface area contributed by atoms with Gasteiger partial charge in [-0.1, -0.05) is 6.42 Å². The Bertz CT molecular complexity index is 625. The predicted octanol–water partition coefficient (Wildman–Crippen LogP) is 1.98. The van der Waals surface area contributed by atoms with Crippen molar-refractivity contribution in [1.82, 2.24) is 20.0 Å². The predicted molar refractivity (Wildman–Crippen MR) is 93.7 cm³/mol. The second kappa shape index (κ2) is 6.81. The van der Waals surface area contributed by atoms with Crippen molar-refractivity contribution in [3.05, 3.63) is 18.0 Å². The second-order valence-electron chi connectivity index (χ2n) is 8.10. The molecule has 1 N–H and O–H groups in total. The lowest BCUT2D eigenvalue weighted by atomic mass is 9.77. The first-order chi connectivity index (χ1) is 12.2. The Labute approximate surface area is 148 Å². The zero-order chi connectivity index (χ0) is 17.3. The van der Waals surface area contributed by atoms with Crippen LogP contribution in [-0.2, 0) is 16.0 Å². The molecule has 0 bridgehead atoms. The maximum Gasteiger partial charge on any atom is 0.230 e. The van der Waals surface area contributed by atoms with E-state index in [0.29, 0.717) is 31.2 Å². The molecule has 3 aliphatic rings. The molecule has 1 atom stereocenters. The number of likely N-dealkylation sites (tertiary alicyclic amines) is 2. The number of aryl methyl sites for hydroxylation is 1. The van der Waals surface area contributed by atoms with Crippen molar-refractivity contribution in [3.8, 4) is 0 Å². The van der Waals surface area contributed by atoms with Gasteiger partial charge in [0.2, 0.25) is 11.8 Å². The van der Waals surface area contributed by atoms with Crippen molar-refractivity contribution in [2.75, 3.05) is 26.2 Å². The monoisotopic (exact) mass is 344 g/mol. The molecular weight excluding hydrogens is 316 g/mol. The van der Waals surface area contributed by atoms with Gasteiger partial charge < -0.3 is 9.80 Å². The Hall–Kier alpha value is -1.85. The third-order valence-electron chi connectivity index (χ3n) is 6.42. The van der Waals surface area contributed by atoms with E-state index in [1.165, 1.54) is 19.3 Å². The molecule has 2 aliphatic heterocycles. The summed E-state index contributed by atoms with van der Waals surface area (Å²) >= 11 is 0. The molecule has 3 fully saturated rings. The second-order valence-corrected chi connectivity index (χ2v) is 8.10. The molecule has 1 aromatic rings. The maximum absolute atomic E-state index is 13.1. The molecule has 0 aromatic carbocycles. The molecule has 1 saturated carbocycles. The van der Waals surface area contributed by atoms with Gasteiger partial charge in [0.05, 0.1) is 11.6 Å². The fraction of sp³-hybridized carbons (Fsp3) is 0.737. The first-order valence-electron chi connectivity index (χ1n) is 9.71. The summed E-state index contributed by atoms with van der Waals surface area (Å²) in [7, 11) is 0. The first-order valence-corrected chi connectivity index (χ1v) is 9.71. The lowest BCUT2D eigenvalue weighted by Crippen LogP contribution is -2.52. The number of aromatic nitrogens is 2. The minimum atomic E-state index is -0.298. The van der Waals surface area contributed by atoms with Crippen molar-refractivity contribution in [2.45, 2.75) is 51.4 Å². The Morgan fingerprint density at radius 2 is 2.16 bits per heavy atom. The molecule has 3 heterocycles. The van der Waals surface area contributed by atoms with Gasteiger partial charge in [-0.05, 0) is 50.0 Å². The van der Waals surface area contributed by atoms with E-state index in [1.54, 1.807) is 6.20 Å². The molecule has 2 saturated heterocycles. The van der Waals surface area contributed by atoms with Crippen molar-refractivity contribution in [3.63, 3.8) is 0 Å². The minimum Gasteiger partial charge on any atom is -0.342 e. The van der Waals surface area contributed by atoms with E-state index in [-0.39, 0.29) is 11.3 Å². The number of hydrogen-bond acceptors (Lipinski definition) is 3. The number of amides is 2.